The molecule has 0 saturated heterocycles. The zero-order valence-electron chi connectivity index (χ0n) is 11.3. The van der Waals surface area contributed by atoms with Gasteiger partial charge in [-0.3, -0.25) is 0 Å². The number of pyridine rings is 1. The number of nitrogens with zero attached hydrogens (tertiary/aromatic N) is 2. The molecule has 4 nitrogen and oxygen atoms in total. The lowest BCUT2D eigenvalue weighted by molar-refractivity contribution is 0.478. The Balaban J connectivity index is 1.89. The summed E-state index contributed by atoms with van der Waals surface area (Å²) in [6.45, 7) is 4.38. The first kappa shape index (κ1) is 13.1. The van der Waals surface area contributed by atoms with E-state index in [0.717, 1.165) is 32.5 Å². The molecular formula is C15H14BrN3O. The number of rotatable bonds is 3. The van der Waals surface area contributed by atoms with Crippen molar-refractivity contribution in [3.8, 4) is 0 Å². The van der Waals surface area contributed by atoms with E-state index in [1.165, 1.54) is 0 Å². The Morgan fingerprint density at radius 3 is 2.80 bits per heavy atom. The molecule has 20 heavy (non-hydrogen) atoms. The van der Waals surface area contributed by atoms with Gasteiger partial charge in [-0.2, -0.15) is 0 Å². The van der Waals surface area contributed by atoms with Crippen LogP contribution in [0.15, 0.2) is 39.4 Å². The average molecular weight is 332 g/mol. The van der Waals surface area contributed by atoms with Crippen LogP contribution in [0.2, 0.25) is 0 Å². The van der Waals surface area contributed by atoms with Gasteiger partial charge in [0.05, 0.1) is 12.2 Å². The fraction of sp³-hybridized carbons (Fsp3) is 0.200. The Hall–Kier alpha value is -1.88. The number of hydrogen-bond acceptors (Lipinski definition) is 4. The van der Waals surface area contributed by atoms with Crippen molar-refractivity contribution in [2.24, 2.45) is 0 Å². The molecule has 0 aliphatic rings. The maximum Gasteiger partial charge on any atom is 0.213 e. The molecule has 2 heterocycles. The minimum atomic E-state index is 0.521. The van der Waals surface area contributed by atoms with E-state index in [0.29, 0.717) is 12.4 Å². The van der Waals surface area contributed by atoms with Crippen molar-refractivity contribution in [2.45, 2.75) is 20.4 Å². The van der Waals surface area contributed by atoms with Crippen LogP contribution in [0.4, 0.5) is 5.82 Å². The molecule has 3 aromatic rings. The average Bonchev–Trinajstić information content (AvgIpc) is 2.76. The molecule has 1 N–H and O–H groups in total. The van der Waals surface area contributed by atoms with E-state index in [1.54, 1.807) is 6.20 Å². The summed E-state index contributed by atoms with van der Waals surface area (Å²) in [6.07, 6.45) is 1.79. The molecule has 0 fully saturated rings. The van der Waals surface area contributed by atoms with Gasteiger partial charge >= 0.3 is 0 Å². The number of fused-ring (bicyclic) bond motifs is 1. The molecule has 0 unspecified atom stereocenters. The van der Waals surface area contributed by atoms with E-state index in [4.69, 9.17) is 4.42 Å². The molecule has 0 saturated carbocycles. The number of anilines is 1. The summed E-state index contributed by atoms with van der Waals surface area (Å²) < 4.78 is 6.62. The van der Waals surface area contributed by atoms with Gasteiger partial charge in [0.1, 0.15) is 11.6 Å². The molecule has 0 amide bonds. The highest BCUT2D eigenvalue weighted by Gasteiger charge is 2.08. The van der Waals surface area contributed by atoms with Crippen molar-refractivity contribution >= 4 is 32.5 Å². The van der Waals surface area contributed by atoms with Gasteiger partial charge in [0.15, 0.2) is 0 Å². The summed E-state index contributed by atoms with van der Waals surface area (Å²) in [7, 11) is 0. The minimum absolute atomic E-state index is 0.521. The number of hydrogen-bond donors (Lipinski definition) is 1. The third-order valence-corrected chi connectivity index (χ3v) is 3.92. The summed E-state index contributed by atoms with van der Waals surface area (Å²) in [6, 6.07) is 8.05. The van der Waals surface area contributed by atoms with Crippen molar-refractivity contribution in [1.82, 2.24) is 9.97 Å². The molecule has 0 bridgehead atoms. The summed E-state index contributed by atoms with van der Waals surface area (Å²) in [5.41, 5.74) is 0.926. The number of benzene rings is 1. The number of nitrogens with one attached hydrogen (secondary N) is 1. The molecule has 0 atom stereocenters. The summed E-state index contributed by atoms with van der Waals surface area (Å²) >= 11 is 3.55. The highest BCUT2D eigenvalue weighted by atomic mass is 79.9. The van der Waals surface area contributed by atoms with Crippen molar-refractivity contribution < 1.29 is 4.42 Å². The van der Waals surface area contributed by atoms with Crippen LogP contribution in [0.5, 0.6) is 0 Å². The predicted octanol–water partition coefficient (Wildman–Crippen LogP) is 4.21. The van der Waals surface area contributed by atoms with E-state index in [2.05, 4.69) is 31.2 Å². The lowest BCUT2D eigenvalue weighted by Crippen LogP contribution is -2.02. The zero-order valence-corrected chi connectivity index (χ0v) is 12.9. The van der Waals surface area contributed by atoms with Gasteiger partial charge in [-0.05, 0) is 26.0 Å². The zero-order chi connectivity index (χ0) is 14.1. The van der Waals surface area contributed by atoms with Gasteiger partial charge in [-0.15, -0.1) is 0 Å². The maximum absolute atomic E-state index is 5.56. The molecule has 0 radical (unpaired) electrons. The molecule has 5 heteroatoms. The predicted molar refractivity (Wildman–Crippen MR) is 82.7 cm³/mol. The maximum atomic E-state index is 5.56. The first-order valence-electron chi connectivity index (χ1n) is 6.35. The Morgan fingerprint density at radius 1 is 1.20 bits per heavy atom. The van der Waals surface area contributed by atoms with E-state index in [1.807, 2.05) is 38.1 Å². The van der Waals surface area contributed by atoms with Crippen LogP contribution in [-0.4, -0.2) is 9.97 Å². The molecule has 1 aromatic carbocycles. The normalized spacial score (nSPS) is 10.9. The fourth-order valence-electron chi connectivity index (χ4n) is 2.08. The molecular weight excluding hydrogens is 318 g/mol. The number of oxazole rings is 1. The second kappa shape index (κ2) is 5.25. The molecule has 0 aliphatic heterocycles. The van der Waals surface area contributed by atoms with Crippen molar-refractivity contribution in [2.75, 3.05) is 5.32 Å². The van der Waals surface area contributed by atoms with Crippen LogP contribution in [0.1, 0.15) is 17.3 Å². The standard InChI is InChI=1S/C15H14BrN3O/c1-9-10(2)20-14(19-9)8-18-15-12-4-3-5-13(16)11(12)6-7-17-15/h3-7H,8H2,1-2H3,(H,17,18). The molecule has 102 valence electrons. The van der Waals surface area contributed by atoms with Gasteiger partial charge in [0.2, 0.25) is 5.89 Å². The Labute approximate surface area is 125 Å². The highest BCUT2D eigenvalue weighted by Crippen LogP contribution is 2.27. The molecule has 0 aliphatic carbocycles. The lowest BCUT2D eigenvalue weighted by atomic mass is 10.1. The summed E-state index contributed by atoms with van der Waals surface area (Å²) in [4.78, 5) is 8.75. The van der Waals surface area contributed by atoms with Gasteiger partial charge in [-0.25, -0.2) is 9.97 Å². The van der Waals surface area contributed by atoms with Crippen molar-refractivity contribution in [3.63, 3.8) is 0 Å². The summed E-state index contributed by atoms with van der Waals surface area (Å²) in [5.74, 6) is 2.36. The van der Waals surface area contributed by atoms with Crippen LogP contribution < -0.4 is 5.32 Å². The van der Waals surface area contributed by atoms with Crippen molar-refractivity contribution in [3.05, 3.63) is 52.3 Å². The summed E-state index contributed by atoms with van der Waals surface area (Å²) in [5, 5.41) is 5.48. The lowest BCUT2D eigenvalue weighted by Gasteiger charge is -2.07. The van der Waals surface area contributed by atoms with Crippen LogP contribution in [0, 0.1) is 13.8 Å². The fourth-order valence-corrected chi connectivity index (χ4v) is 2.58. The van der Waals surface area contributed by atoms with E-state index < -0.39 is 0 Å². The third kappa shape index (κ3) is 2.41. The smallest absolute Gasteiger partial charge is 0.213 e. The first-order valence-corrected chi connectivity index (χ1v) is 7.14. The van der Waals surface area contributed by atoms with E-state index >= 15 is 0 Å². The van der Waals surface area contributed by atoms with Gasteiger partial charge in [0.25, 0.3) is 0 Å². The largest absolute Gasteiger partial charge is 0.444 e. The van der Waals surface area contributed by atoms with Crippen LogP contribution in [0.3, 0.4) is 0 Å². The van der Waals surface area contributed by atoms with Crippen LogP contribution in [-0.2, 0) is 6.54 Å². The topological polar surface area (TPSA) is 51.0 Å². The molecule has 3 rings (SSSR count). The Bertz CT molecular complexity index is 747. The van der Waals surface area contributed by atoms with Gasteiger partial charge < -0.3 is 9.73 Å². The van der Waals surface area contributed by atoms with Crippen molar-refractivity contribution in [1.29, 1.82) is 0 Å². The number of aryl methyl sites for hydroxylation is 2. The SMILES string of the molecule is Cc1nc(CNc2nccc3c(Br)cccc23)oc1C. The monoisotopic (exact) mass is 331 g/mol. The minimum Gasteiger partial charge on any atom is -0.444 e. The van der Waals surface area contributed by atoms with Gasteiger partial charge in [0, 0.05) is 21.4 Å². The third-order valence-electron chi connectivity index (χ3n) is 3.23. The second-order valence-electron chi connectivity index (χ2n) is 4.60. The first-order chi connectivity index (χ1) is 9.65. The van der Waals surface area contributed by atoms with E-state index in [9.17, 15) is 0 Å². The van der Waals surface area contributed by atoms with E-state index in [-0.39, 0.29) is 0 Å². The van der Waals surface area contributed by atoms with Crippen LogP contribution in [0.25, 0.3) is 10.8 Å². The van der Waals surface area contributed by atoms with Crippen LogP contribution >= 0.6 is 15.9 Å². The Kier molecular flexibility index (Phi) is 3.44. The van der Waals surface area contributed by atoms with Gasteiger partial charge in [-0.1, -0.05) is 28.1 Å². The quantitative estimate of drug-likeness (QED) is 0.780. The Morgan fingerprint density at radius 2 is 2.05 bits per heavy atom. The highest BCUT2D eigenvalue weighted by molar-refractivity contribution is 9.10. The molecule has 2 aromatic heterocycles. The number of halogens is 1. The molecule has 0 spiro atoms. The number of aromatic nitrogens is 2. The second-order valence-corrected chi connectivity index (χ2v) is 5.45.